The number of rotatable bonds is 7. The number of thiazole rings is 1. The minimum Gasteiger partial charge on any atom is -0.365 e. The van der Waals surface area contributed by atoms with Crippen LogP contribution in [0.4, 0.5) is 5.82 Å². The Kier molecular flexibility index (Phi) is 6.88. The second-order valence-corrected chi connectivity index (χ2v) is 10.7. The van der Waals surface area contributed by atoms with Crippen LogP contribution in [0, 0.1) is 5.92 Å². The standard InChI is InChI=1S/C24H33N7O2S/c1-6-24(4,5)29-19-13-18(27-20(28-19)17-14-25-31-11-12-34-23(17)31)22(33)30-9-7-16(8-10-30)26-21(32)15(2)3/h11-16H,6-10H2,1-5H3,(H,26,32)(H,27,28,29). The molecule has 2 N–H and O–H groups in total. The zero-order valence-electron chi connectivity index (χ0n) is 20.5. The van der Waals surface area contributed by atoms with Crippen LogP contribution in [0.2, 0.25) is 0 Å². The Hall–Kier alpha value is -3.01. The van der Waals surface area contributed by atoms with Crippen molar-refractivity contribution in [3.05, 3.63) is 29.5 Å². The van der Waals surface area contributed by atoms with E-state index in [0.717, 1.165) is 29.7 Å². The van der Waals surface area contributed by atoms with Crippen LogP contribution in [0.15, 0.2) is 23.8 Å². The van der Waals surface area contributed by atoms with Crippen LogP contribution in [0.5, 0.6) is 0 Å². The number of hydrogen-bond acceptors (Lipinski definition) is 7. The molecule has 1 aliphatic rings. The van der Waals surface area contributed by atoms with E-state index in [0.29, 0.717) is 30.4 Å². The zero-order valence-corrected chi connectivity index (χ0v) is 21.3. The molecular formula is C24H33N7O2S. The summed E-state index contributed by atoms with van der Waals surface area (Å²) >= 11 is 1.56. The third-order valence-corrected chi connectivity index (χ3v) is 7.21. The largest absolute Gasteiger partial charge is 0.365 e. The number of piperidine rings is 1. The average Bonchev–Trinajstić information content (AvgIpc) is 3.42. The summed E-state index contributed by atoms with van der Waals surface area (Å²) in [4.78, 5) is 37.7. The quantitative estimate of drug-likeness (QED) is 0.529. The summed E-state index contributed by atoms with van der Waals surface area (Å²) in [6.45, 7) is 11.2. The highest BCUT2D eigenvalue weighted by Gasteiger charge is 2.27. The highest BCUT2D eigenvalue weighted by atomic mass is 32.1. The van der Waals surface area contributed by atoms with Crippen molar-refractivity contribution in [1.29, 1.82) is 0 Å². The van der Waals surface area contributed by atoms with Gasteiger partial charge >= 0.3 is 0 Å². The number of aromatic nitrogens is 4. The molecule has 34 heavy (non-hydrogen) atoms. The molecule has 9 nitrogen and oxygen atoms in total. The maximum atomic E-state index is 13.5. The van der Waals surface area contributed by atoms with Gasteiger partial charge in [-0.15, -0.1) is 11.3 Å². The molecule has 0 unspecified atom stereocenters. The van der Waals surface area contributed by atoms with Crippen molar-refractivity contribution < 1.29 is 9.59 Å². The van der Waals surface area contributed by atoms with Gasteiger partial charge in [-0.1, -0.05) is 20.8 Å². The van der Waals surface area contributed by atoms with Gasteiger partial charge in [-0.2, -0.15) is 5.10 Å². The molecule has 0 aromatic carbocycles. The Balaban J connectivity index is 1.59. The van der Waals surface area contributed by atoms with Crippen LogP contribution in [0.1, 0.15) is 64.4 Å². The lowest BCUT2D eigenvalue weighted by atomic mass is 10.0. The van der Waals surface area contributed by atoms with Crippen molar-refractivity contribution in [2.75, 3.05) is 18.4 Å². The van der Waals surface area contributed by atoms with E-state index in [2.05, 4.69) is 41.5 Å². The van der Waals surface area contributed by atoms with Gasteiger partial charge in [0.25, 0.3) is 5.91 Å². The fourth-order valence-corrected chi connectivity index (χ4v) is 4.61. The fourth-order valence-electron chi connectivity index (χ4n) is 3.81. The van der Waals surface area contributed by atoms with Gasteiger partial charge in [0.15, 0.2) is 5.82 Å². The van der Waals surface area contributed by atoms with Crippen LogP contribution >= 0.6 is 11.3 Å². The number of fused-ring (bicyclic) bond motifs is 1. The first-order chi connectivity index (χ1) is 16.2. The van der Waals surface area contributed by atoms with Gasteiger partial charge < -0.3 is 15.5 Å². The lowest BCUT2D eigenvalue weighted by Crippen LogP contribution is -2.47. The molecule has 1 aliphatic heterocycles. The van der Waals surface area contributed by atoms with E-state index in [1.807, 2.05) is 30.3 Å². The monoisotopic (exact) mass is 483 g/mol. The smallest absolute Gasteiger partial charge is 0.272 e. The first-order valence-electron chi connectivity index (χ1n) is 11.8. The van der Waals surface area contributed by atoms with Crippen molar-refractivity contribution in [2.45, 2.75) is 65.5 Å². The van der Waals surface area contributed by atoms with Gasteiger partial charge in [0, 0.05) is 48.2 Å². The molecular weight excluding hydrogens is 450 g/mol. The number of nitrogens with zero attached hydrogens (tertiary/aromatic N) is 5. The first-order valence-corrected chi connectivity index (χ1v) is 12.7. The number of anilines is 1. The molecule has 0 radical (unpaired) electrons. The fraction of sp³-hybridized carbons (Fsp3) is 0.542. The lowest BCUT2D eigenvalue weighted by Gasteiger charge is -2.32. The van der Waals surface area contributed by atoms with Crippen molar-refractivity contribution >= 4 is 33.8 Å². The molecule has 0 atom stereocenters. The summed E-state index contributed by atoms with van der Waals surface area (Å²) in [5.41, 5.74) is 0.980. The summed E-state index contributed by atoms with van der Waals surface area (Å²) in [5, 5.41) is 12.9. The maximum absolute atomic E-state index is 13.5. The molecule has 0 bridgehead atoms. The summed E-state index contributed by atoms with van der Waals surface area (Å²) in [7, 11) is 0. The van der Waals surface area contributed by atoms with E-state index in [1.165, 1.54) is 0 Å². The molecule has 10 heteroatoms. The summed E-state index contributed by atoms with van der Waals surface area (Å²) in [5.74, 6) is 0.993. The molecule has 182 valence electrons. The molecule has 1 fully saturated rings. The van der Waals surface area contributed by atoms with E-state index >= 15 is 0 Å². The highest BCUT2D eigenvalue weighted by Crippen LogP contribution is 2.28. The summed E-state index contributed by atoms with van der Waals surface area (Å²) in [6.07, 6.45) is 5.99. The average molecular weight is 484 g/mol. The van der Waals surface area contributed by atoms with Crippen molar-refractivity contribution in [1.82, 2.24) is 29.8 Å². The molecule has 0 aliphatic carbocycles. The second-order valence-electron chi connectivity index (χ2n) is 9.77. The molecule has 2 amide bonds. The summed E-state index contributed by atoms with van der Waals surface area (Å²) < 4.78 is 1.79. The summed E-state index contributed by atoms with van der Waals surface area (Å²) in [6, 6.07) is 1.84. The van der Waals surface area contributed by atoms with E-state index in [9.17, 15) is 9.59 Å². The predicted octanol–water partition coefficient (Wildman–Crippen LogP) is 3.83. The van der Waals surface area contributed by atoms with E-state index < -0.39 is 0 Å². The molecule has 4 heterocycles. The third-order valence-electron chi connectivity index (χ3n) is 6.32. The third kappa shape index (κ3) is 5.22. The normalized spacial score (nSPS) is 15.2. The van der Waals surface area contributed by atoms with Crippen LogP contribution in [0.25, 0.3) is 16.2 Å². The molecule has 3 aromatic rings. The Bertz CT molecular complexity index is 1180. The second kappa shape index (κ2) is 9.69. The minimum absolute atomic E-state index is 0.0453. The molecule has 4 rings (SSSR count). The van der Waals surface area contributed by atoms with E-state index in [1.54, 1.807) is 28.1 Å². The number of carbonyl (C=O) groups excluding carboxylic acids is 2. The Morgan fingerprint density at radius 1 is 1.24 bits per heavy atom. The van der Waals surface area contributed by atoms with E-state index in [4.69, 9.17) is 4.98 Å². The van der Waals surface area contributed by atoms with Crippen LogP contribution in [-0.4, -0.2) is 61.0 Å². The zero-order chi connectivity index (χ0) is 24.5. The minimum atomic E-state index is -0.184. The lowest BCUT2D eigenvalue weighted by molar-refractivity contribution is -0.124. The number of likely N-dealkylation sites (tertiary alicyclic amines) is 1. The Morgan fingerprint density at radius 3 is 2.65 bits per heavy atom. The first kappa shape index (κ1) is 24.1. The van der Waals surface area contributed by atoms with Gasteiger partial charge in [0.2, 0.25) is 5.91 Å². The molecule has 0 spiro atoms. The number of nitrogens with one attached hydrogen (secondary N) is 2. The van der Waals surface area contributed by atoms with Crippen LogP contribution in [0.3, 0.4) is 0 Å². The number of hydrogen-bond donors (Lipinski definition) is 2. The van der Waals surface area contributed by atoms with Crippen molar-refractivity contribution in [2.24, 2.45) is 5.92 Å². The van der Waals surface area contributed by atoms with Crippen molar-refractivity contribution in [3.63, 3.8) is 0 Å². The van der Waals surface area contributed by atoms with Gasteiger partial charge in [-0.3, -0.25) is 9.59 Å². The predicted molar refractivity (Wildman–Crippen MR) is 134 cm³/mol. The van der Waals surface area contributed by atoms with E-state index in [-0.39, 0.29) is 29.3 Å². The molecule has 0 saturated carbocycles. The molecule has 3 aromatic heterocycles. The highest BCUT2D eigenvalue weighted by molar-refractivity contribution is 7.16. The van der Waals surface area contributed by atoms with Crippen molar-refractivity contribution in [3.8, 4) is 11.4 Å². The van der Waals surface area contributed by atoms with Gasteiger partial charge in [0.1, 0.15) is 16.3 Å². The number of amides is 2. The molecule has 1 saturated heterocycles. The SMILES string of the molecule is CCC(C)(C)Nc1cc(C(=O)N2CCC(NC(=O)C(C)C)CC2)nc(-c2cnn3ccsc23)n1. The van der Waals surface area contributed by atoms with Gasteiger partial charge in [-0.05, 0) is 33.1 Å². The van der Waals surface area contributed by atoms with Gasteiger partial charge in [-0.25, -0.2) is 14.5 Å². The Morgan fingerprint density at radius 2 is 1.97 bits per heavy atom. The van der Waals surface area contributed by atoms with Crippen LogP contribution in [-0.2, 0) is 4.79 Å². The maximum Gasteiger partial charge on any atom is 0.272 e. The van der Waals surface area contributed by atoms with Gasteiger partial charge in [0.05, 0.1) is 11.8 Å². The number of carbonyl (C=O) groups is 2. The Labute approximate surface area is 204 Å². The topological polar surface area (TPSA) is 105 Å². The van der Waals surface area contributed by atoms with Crippen LogP contribution < -0.4 is 10.6 Å².